The third-order valence-corrected chi connectivity index (χ3v) is 6.39. The minimum absolute atomic E-state index is 1.11. The Morgan fingerprint density at radius 2 is 0.528 bits per heavy atom. The van der Waals surface area contributed by atoms with E-state index in [2.05, 4.69) is 100 Å². The molecule has 0 heterocycles. The lowest BCUT2D eigenvalue weighted by atomic mass is 10.0. The Morgan fingerprint density at radius 1 is 0.333 bits per heavy atom. The average Bonchev–Trinajstić information content (AvgIpc) is 3.43. The van der Waals surface area contributed by atoms with Crippen molar-refractivity contribution in [1.29, 1.82) is 0 Å². The maximum Gasteiger partial charge on any atom is -0.00133 e. The van der Waals surface area contributed by atoms with Crippen LogP contribution in [0.15, 0.2) is 72.8 Å². The summed E-state index contributed by atoms with van der Waals surface area (Å²) in [5.41, 5.74) is 17.1. The molecular formula is C36H46. The fraction of sp³-hybridized carbons (Fsp3) is 0.333. The molecule has 0 fully saturated rings. The smallest absolute Gasteiger partial charge is 0.00133 e. The van der Waals surface area contributed by atoms with E-state index in [-0.39, 0.29) is 0 Å². The Kier molecular flexibility index (Phi) is 11.2. The first-order chi connectivity index (χ1) is 17.5. The molecule has 0 spiro atoms. The van der Waals surface area contributed by atoms with Gasteiger partial charge in [0, 0.05) is 0 Å². The van der Waals surface area contributed by atoms with Crippen LogP contribution in [0.5, 0.6) is 0 Å². The van der Waals surface area contributed by atoms with Gasteiger partial charge >= 0.3 is 0 Å². The molecule has 6 rings (SSSR count). The van der Waals surface area contributed by atoms with Gasteiger partial charge in [0.25, 0.3) is 0 Å². The molecule has 4 aromatic rings. The molecule has 0 aromatic heterocycles. The summed E-state index contributed by atoms with van der Waals surface area (Å²) in [5.74, 6) is 0. The molecule has 2 aliphatic rings. The maximum absolute atomic E-state index is 2.31. The Bertz CT molecular complexity index is 1070. The van der Waals surface area contributed by atoms with Gasteiger partial charge in [-0.25, -0.2) is 0 Å². The van der Waals surface area contributed by atoms with Gasteiger partial charge in [0.2, 0.25) is 0 Å². The number of benzene rings is 4. The van der Waals surface area contributed by atoms with Gasteiger partial charge in [-0.05, 0) is 85.0 Å². The molecule has 0 radical (unpaired) electrons. The quantitative estimate of drug-likeness (QED) is 0.204. The first-order valence-corrected chi connectivity index (χ1v) is 13.9. The first-order valence-electron chi connectivity index (χ1n) is 13.9. The largest absolute Gasteiger partial charge is 0.0683 e. The van der Waals surface area contributed by atoms with E-state index in [1.807, 2.05) is 41.5 Å². The maximum atomic E-state index is 2.31. The van der Waals surface area contributed by atoms with E-state index in [9.17, 15) is 0 Å². The lowest BCUT2D eigenvalue weighted by molar-refractivity contribution is 1.24. The summed E-state index contributed by atoms with van der Waals surface area (Å²) in [6.45, 7) is 20.6. The highest BCUT2D eigenvalue weighted by Crippen LogP contribution is 2.38. The standard InChI is InChI=1S/2C15H14.3C2H6/c2*1-10-3-5-14-12(7-10)9-13-8-11(2)4-6-15(13)14;3*1-2/h2*3-8H,9H2,1-2H3;3*1-2H3. The van der Waals surface area contributed by atoms with Gasteiger partial charge in [-0.2, -0.15) is 0 Å². The van der Waals surface area contributed by atoms with Crippen molar-refractivity contribution in [2.45, 2.75) is 82.1 Å². The molecule has 0 atom stereocenters. The van der Waals surface area contributed by atoms with Gasteiger partial charge in [0.1, 0.15) is 0 Å². The Balaban J connectivity index is 0.000000211. The lowest BCUT2D eigenvalue weighted by Gasteiger charge is -2.01. The van der Waals surface area contributed by atoms with Gasteiger partial charge in [-0.3, -0.25) is 0 Å². The molecule has 0 aliphatic heterocycles. The molecule has 0 saturated carbocycles. The van der Waals surface area contributed by atoms with Crippen molar-refractivity contribution in [3.05, 3.63) is 117 Å². The number of aryl methyl sites for hydroxylation is 4. The Hall–Kier alpha value is -3.12. The van der Waals surface area contributed by atoms with E-state index >= 15 is 0 Å². The normalized spacial score (nSPS) is 10.8. The number of rotatable bonds is 0. The highest BCUT2D eigenvalue weighted by molar-refractivity contribution is 5.78. The molecule has 4 aromatic carbocycles. The predicted octanol–water partition coefficient (Wildman–Crippen LogP) is 10.8. The van der Waals surface area contributed by atoms with Crippen LogP contribution in [0, 0.1) is 27.7 Å². The minimum Gasteiger partial charge on any atom is -0.0683 e. The lowest BCUT2D eigenvalue weighted by Crippen LogP contribution is -1.81. The van der Waals surface area contributed by atoms with E-state index in [0.717, 1.165) is 12.8 Å². The van der Waals surface area contributed by atoms with Crippen LogP contribution >= 0.6 is 0 Å². The van der Waals surface area contributed by atoms with Gasteiger partial charge < -0.3 is 0 Å². The van der Waals surface area contributed by atoms with E-state index in [4.69, 9.17) is 0 Å². The van der Waals surface area contributed by atoms with Crippen molar-refractivity contribution in [2.24, 2.45) is 0 Å². The average molecular weight is 479 g/mol. The highest BCUT2D eigenvalue weighted by Gasteiger charge is 2.18. The van der Waals surface area contributed by atoms with E-state index in [0.29, 0.717) is 0 Å². The van der Waals surface area contributed by atoms with Crippen LogP contribution in [-0.2, 0) is 12.8 Å². The summed E-state index contributed by atoms with van der Waals surface area (Å²) < 4.78 is 0. The van der Waals surface area contributed by atoms with Crippen molar-refractivity contribution in [3.8, 4) is 22.3 Å². The van der Waals surface area contributed by atoms with Crippen LogP contribution < -0.4 is 0 Å². The molecular weight excluding hydrogens is 432 g/mol. The summed E-state index contributed by atoms with van der Waals surface area (Å²) >= 11 is 0. The van der Waals surface area contributed by atoms with E-state index in [1.54, 1.807) is 0 Å². The second-order valence-electron chi connectivity index (χ2n) is 9.00. The van der Waals surface area contributed by atoms with Crippen LogP contribution in [-0.4, -0.2) is 0 Å². The molecule has 0 unspecified atom stereocenters. The molecule has 0 N–H and O–H groups in total. The minimum atomic E-state index is 1.11. The van der Waals surface area contributed by atoms with Crippen molar-refractivity contribution in [2.75, 3.05) is 0 Å². The summed E-state index contributed by atoms with van der Waals surface area (Å²) in [7, 11) is 0. The highest BCUT2D eigenvalue weighted by atomic mass is 14.2. The second kappa shape index (κ2) is 13.8. The molecule has 0 nitrogen and oxygen atoms in total. The zero-order valence-corrected chi connectivity index (χ0v) is 24.3. The number of fused-ring (bicyclic) bond motifs is 6. The second-order valence-corrected chi connectivity index (χ2v) is 9.00. The fourth-order valence-electron chi connectivity index (χ4n) is 4.94. The summed E-state index contributed by atoms with van der Waals surface area (Å²) in [6, 6.07) is 27.1. The molecule has 190 valence electrons. The van der Waals surface area contributed by atoms with Crippen molar-refractivity contribution < 1.29 is 0 Å². The van der Waals surface area contributed by atoms with Gasteiger partial charge in [-0.15, -0.1) is 0 Å². The van der Waals surface area contributed by atoms with Crippen molar-refractivity contribution in [1.82, 2.24) is 0 Å². The molecule has 0 heteroatoms. The Labute approximate surface area is 221 Å². The van der Waals surface area contributed by atoms with Gasteiger partial charge in [-0.1, -0.05) is 137 Å². The van der Waals surface area contributed by atoms with Crippen LogP contribution in [0.25, 0.3) is 22.3 Å². The molecule has 0 saturated heterocycles. The third-order valence-electron chi connectivity index (χ3n) is 6.39. The number of hydrogen-bond acceptors (Lipinski definition) is 0. The molecule has 36 heavy (non-hydrogen) atoms. The zero-order chi connectivity index (χ0) is 26.8. The zero-order valence-electron chi connectivity index (χ0n) is 24.3. The van der Waals surface area contributed by atoms with Crippen molar-refractivity contribution >= 4 is 0 Å². The number of hydrogen-bond donors (Lipinski definition) is 0. The first kappa shape index (κ1) is 29.1. The van der Waals surface area contributed by atoms with Crippen LogP contribution in [0.3, 0.4) is 0 Å². The molecule has 0 amide bonds. The summed E-state index contributed by atoms with van der Waals surface area (Å²) in [5, 5.41) is 0. The predicted molar refractivity (Wildman–Crippen MR) is 162 cm³/mol. The summed E-state index contributed by atoms with van der Waals surface area (Å²) in [6.07, 6.45) is 2.21. The monoisotopic (exact) mass is 478 g/mol. The van der Waals surface area contributed by atoms with Crippen LogP contribution in [0.4, 0.5) is 0 Å². The fourth-order valence-corrected chi connectivity index (χ4v) is 4.94. The van der Waals surface area contributed by atoms with E-state index < -0.39 is 0 Å². The summed E-state index contributed by atoms with van der Waals surface area (Å²) in [4.78, 5) is 0. The molecule has 2 aliphatic carbocycles. The van der Waals surface area contributed by atoms with Gasteiger partial charge in [0.15, 0.2) is 0 Å². The topological polar surface area (TPSA) is 0 Å². The third kappa shape index (κ3) is 6.55. The SMILES string of the molecule is CC.CC.CC.Cc1ccc2c(c1)Cc1cc(C)ccc1-2.Cc1ccc2c(c1)Cc1cc(C)ccc1-2. The van der Waals surface area contributed by atoms with Crippen LogP contribution in [0.2, 0.25) is 0 Å². The van der Waals surface area contributed by atoms with Gasteiger partial charge in [0.05, 0.1) is 0 Å². The molecule has 0 bridgehead atoms. The van der Waals surface area contributed by atoms with Crippen molar-refractivity contribution in [3.63, 3.8) is 0 Å². The Morgan fingerprint density at radius 3 is 0.722 bits per heavy atom. The van der Waals surface area contributed by atoms with E-state index in [1.165, 1.54) is 66.8 Å². The van der Waals surface area contributed by atoms with Crippen LogP contribution in [0.1, 0.15) is 86.1 Å².